The molecule has 6 heteroatoms. The molecule has 1 N–H and O–H groups in total. The Morgan fingerprint density at radius 1 is 1.42 bits per heavy atom. The molecule has 2 heterocycles. The van der Waals surface area contributed by atoms with Gasteiger partial charge in [-0.25, -0.2) is 0 Å². The number of rotatable bonds is 4. The number of piperazine rings is 1. The zero-order valence-corrected chi connectivity index (χ0v) is 11.8. The topological polar surface area (TPSA) is 61.6 Å². The molecule has 1 aliphatic heterocycles. The molecule has 0 radical (unpaired) electrons. The standard InChI is InChI=1S/C13H22N4O2/c1-11(18)13(2,19)10-16-4-6-17(7-5-16)12-8-14-15(3)9-12/h8-9,19H,4-7,10H2,1-3H3/t13-/m0/s1. The normalized spacial score (nSPS) is 20.3. The lowest BCUT2D eigenvalue weighted by atomic mass is 10.0. The van der Waals surface area contributed by atoms with E-state index in [1.807, 2.05) is 19.4 Å². The van der Waals surface area contributed by atoms with Gasteiger partial charge >= 0.3 is 0 Å². The highest BCUT2D eigenvalue weighted by atomic mass is 16.3. The lowest BCUT2D eigenvalue weighted by Gasteiger charge is -2.38. The minimum Gasteiger partial charge on any atom is -0.381 e. The zero-order valence-electron chi connectivity index (χ0n) is 11.8. The van der Waals surface area contributed by atoms with Crippen LogP contribution in [0.4, 0.5) is 5.69 Å². The summed E-state index contributed by atoms with van der Waals surface area (Å²) in [5.41, 5.74) is -0.114. The van der Waals surface area contributed by atoms with Crippen LogP contribution in [0.5, 0.6) is 0 Å². The van der Waals surface area contributed by atoms with Gasteiger partial charge in [-0.3, -0.25) is 14.4 Å². The number of nitrogens with zero attached hydrogens (tertiary/aromatic N) is 4. The van der Waals surface area contributed by atoms with Crippen molar-refractivity contribution in [3.63, 3.8) is 0 Å². The molecular weight excluding hydrogens is 244 g/mol. The number of carbonyl (C=O) groups is 1. The molecule has 0 amide bonds. The summed E-state index contributed by atoms with van der Waals surface area (Å²) in [5.74, 6) is -0.179. The van der Waals surface area contributed by atoms with Crippen molar-refractivity contribution in [2.45, 2.75) is 19.4 Å². The first-order valence-corrected chi connectivity index (χ1v) is 6.58. The first-order chi connectivity index (χ1) is 8.88. The molecule has 1 aliphatic rings. The van der Waals surface area contributed by atoms with Gasteiger partial charge in [0.05, 0.1) is 11.9 Å². The molecule has 0 saturated carbocycles. The van der Waals surface area contributed by atoms with Gasteiger partial charge in [-0.05, 0) is 13.8 Å². The van der Waals surface area contributed by atoms with E-state index in [1.165, 1.54) is 6.92 Å². The SMILES string of the molecule is CC(=O)[C@@](C)(O)CN1CCN(c2cnn(C)c2)CC1. The van der Waals surface area contributed by atoms with Gasteiger partial charge in [-0.1, -0.05) is 0 Å². The lowest BCUT2D eigenvalue weighted by molar-refractivity contribution is -0.135. The number of hydrogen-bond donors (Lipinski definition) is 1. The van der Waals surface area contributed by atoms with E-state index < -0.39 is 5.60 Å². The Balaban J connectivity index is 1.87. The van der Waals surface area contributed by atoms with E-state index in [0.717, 1.165) is 31.9 Å². The van der Waals surface area contributed by atoms with Crippen LogP contribution in [0.1, 0.15) is 13.8 Å². The number of aryl methyl sites for hydroxylation is 1. The molecular formula is C13H22N4O2. The average molecular weight is 266 g/mol. The Labute approximate surface area is 113 Å². The molecule has 0 spiro atoms. The fourth-order valence-electron chi connectivity index (χ4n) is 2.28. The number of Topliss-reactive ketones (excluding diaryl/α,β-unsaturated/α-hetero) is 1. The van der Waals surface area contributed by atoms with Crippen molar-refractivity contribution >= 4 is 11.5 Å². The number of carbonyl (C=O) groups excluding carboxylic acids is 1. The molecule has 0 aliphatic carbocycles. The van der Waals surface area contributed by atoms with Crippen LogP contribution < -0.4 is 4.90 Å². The van der Waals surface area contributed by atoms with E-state index in [1.54, 1.807) is 11.6 Å². The summed E-state index contributed by atoms with van der Waals surface area (Å²) in [6, 6.07) is 0. The summed E-state index contributed by atoms with van der Waals surface area (Å²) in [6.07, 6.45) is 3.86. The minimum absolute atomic E-state index is 0.179. The van der Waals surface area contributed by atoms with Crippen molar-refractivity contribution in [2.24, 2.45) is 7.05 Å². The summed E-state index contributed by atoms with van der Waals surface area (Å²) in [6.45, 7) is 6.90. The smallest absolute Gasteiger partial charge is 0.162 e. The van der Waals surface area contributed by atoms with Gasteiger partial charge in [0.25, 0.3) is 0 Å². The van der Waals surface area contributed by atoms with Crippen LogP contribution in [0.15, 0.2) is 12.4 Å². The highest BCUT2D eigenvalue weighted by molar-refractivity contribution is 5.84. The number of anilines is 1. The van der Waals surface area contributed by atoms with Gasteiger partial charge in [0.15, 0.2) is 5.78 Å². The molecule has 106 valence electrons. The Morgan fingerprint density at radius 2 is 2.05 bits per heavy atom. The summed E-state index contributed by atoms with van der Waals surface area (Å²) in [7, 11) is 1.91. The molecule has 1 fully saturated rings. The number of aromatic nitrogens is 2. The third-order valence-electron chi connectivity index (χ3n) is 3.72. The second kappa shape index (κ2) is 5.30. The first kappa shape index (κ1) is 14.0. The van der Waals surface area contributed by atoms with Crippen molar-refractivity contribution in [3.05, 3.63) is 12.4 Å². The molecule has 6 nitrogen and oxygen atoms in total. The Kier molecular flexibility index (Phi) is 3.91. The predicted molar refractivity (Wildman–Crippen MR) is 73.2 cm³/mol. The second-order valence-electron chi connectivity index (χ2n) is 5.47. The van der Waals surface area contributed by atoms with Gasteiger partial charge in [0.2, 0.25) is 0 Å². The van der Waals surface area contributed by atoms with E-state index in [2.05, 4.69) is 14.9 Å². The molecule has 0 bridgehead atoms. The molecule has 1 saturated heterocycles. The van der Waals surface area contributed by atoms with Crippen LogP contribution >= 0.6 is 0 Å². The van der Waals surface area contributed by atoms with Crippen molar-refractivity contribution < 1.29 is 9.90 Å². The first-order valence-electron chi connectivity index (χ1n) is 6.58. The zero-order chi connectivity index (χ0) is 14.0. The number of aliphatic hydroxyl groups is 1. The van der Waals surface area contributed by atoms with Crippen LogP contribution in [-0.4, -0.2) is 63.9 Å². The van der Waals surface area contributed by atoms with Crippen molar-refractivity contribution in [3.8, 4) is 0 Å². The van der Waals surface area contributed by atoms with Gasteiger partial charge in [-0.2, -0.15) is 5.10 Å². The predicted octanol–water partition coefficient (Wildman–Crippen LogP) is -0.118. The quantitative estimate of drug-likeness (QED) is 0.823. The van der Waals surface area contributed by atoms with E-state index in [-0.39, 0.29) is 5.78 Å². The van der Waals surface area contributed by atoms with Crippen LogP contribution in [-0.2, 0) is 11.8 Å². The molecule has 1 aromatic heterocycles. The van der Waals surface area contributed by atoms with Gasteiger partial charge < -0.3 is 10.0 Å². The molecule has 1 atom stereocenters. The monoisotopic (exact) mass is 266 g/mol. The summed E-state index contributed by atoms with van der Waals surface area (Å²) >= 11 is 0. The second-order valence-corrected chi connectivity index (χ2v) is 5.47. The third kappa shape index (κ3) is 3.33. The number of hydrogen-bond acceptors (Lipinski definition) is 5. The van der Waals surface area contributed by atoms with Crippen molar-refractivity contribution in [2.75, 3.05) is 37.6 Å². The average Bonchev–Trinajstić information content (AvgIpc) is 2.76. The van der Waals surface area contributed by atoms with Crippen LogP contribution in [0, 0.1) is 0 Å². The fourth-order valence-corrected chi connectivity index (χ4v) is 2.28. The van der Waals surface area contributed by atoms with Gasteiger partial charge in [0.1, 0.15) is 5.60 Å². The van der Waals surface area contributed by atoms with Crippen molar-refractivity contribution in [1.82, 2.24) is 14.7 Å². The molecule has 0 unspecified atom stereocenters. The summed E-state index contributed by atoms with van der Waals surface area (Å²) in [5, 5.41) is 14.2. The summed E-state index contributed by atoms with van der Waals surface area (Å²) in [4.78, 5) is 15.7. The maximum atomic E-state index is 11.3. The van der Waals surface area contributed by atoms with Gasteiger partial charge in [0, 0.05) is 46.0 Å². The fraction of sp³-hybridized carbons (Fsp3) is 0.692. The lowest BCUT2D eigenvalue weighted by Crippen LogP contribution is -2.53. The highest BCUT2D eigenvalue weighted by Crippen LogP contribution is 2.16. The van der Waals surface area contributed by atoms with E-state index in [9.17, 15) is 9.90 Å². The Morgan fingerprint density at radius 3 is 2.53 bits per heavy atom. The van der Waals surface area contributed by atoms with Crippen molar-refractivity contribution in [1.29, 1.82) is 0 Å². The molecule has 2 rings (SSSR count). The maximum Gasteiger partial charge on any atom is 0.162 e. The van der Waals surface area contributed by atoms with E-state index in [4.69, 9.17) is 0 Å². The minimum atomic E-state index is -1.24. The third-order valence-corrected chi connectivity index (χ3v) is 3.72. The molecule has 0 aromatic carbocycles. The maximum absolute atomic E-state index is 11.3. The van der Waals surface area contributed by atoms with Crippen LogP contribution in [0.2, 0.25) is 0 Å². The molecule has 1 aromatic rings. The highest BCUT2D eigenvalue weighted by Gasteiger charge is 2.30. The van der Waals surface area contributed by atoms with Crippen LogP contribution in [0.3, 0.4) is 0 Å². The summed E-state index contributed by atoms with van der Waals surface area (Å²) < 4.78 is 1.79. The largest absolute Gasteiger partial charge is 0.381 e. The molecule has 19 heavy (non-hydrogen) atoms. The Bertz CT molecular complexity index is 447. The van der Waals surface area contributed by atoms with E-state index in [0.29, 0.717) is 6.54 Å². The van der Waals surface area contributed by atoms with Crippen LogP contribution in [0.25, 0.3) is 0 Å². The van der Waals surface area contributed by atoms with E-state index >= 15 is 0 Å². The van der Waals surface area contributed by atoms with Gasteiger partial charge in [-0.15, -0.1) is 0 Å². The number of ketones is 1. The Hall–Kier alpha value is -1.40. The number of β-amino-alcohol motifs (C(OH)–C–C–N with tert-alkyl or cyclic N) is 1.